The Balaban J connectivity index is 1.83. The van der Waals surface area contributed by atoms with Crippen LogP contribution in [-0.4, -0.2) is 27.1 Å². The van der Waals surface area contributed by atoms with Crippen LogP contribution in [0, 0.1) is 6.92 Å². The Labute approximate surface area is 191 Å². The Morgan fingerprint density at radius 3 is 2.32 bits per heavy atom. The van der Waals surface area contributed by atoms with Gasteiger partial charge in [-0.05, 0) is 61.0 Å². The number of halogens is 2. The fourth-order valence-electron chi connectivity index (χ4n) is 2.69. The summed E-state index contributed by atoms with van der Waals surface area (Å²) in [7, 11) is -4.00. The van der Waals surface area contributed by atoms with Gasteiger partial charge in [0.1, 0.15) is 6.54 Å². The van der Waals surface area contributed by atoms with E-state index >= 15 is 0 Å². The molecule has 0 radical (unpaired) electrons. The lowest BCUT2D eigenvalue weighted by Crippen LogP contribution is -2.39. The Hall–Kier alpha value is -2.87. The molecular formula is C22H19Cl2N3O3S. The number of anilines is 1. The molecule has 0 aliphatic carbocycles. The van der Waals surface area contributed by atoms with Gasteiger partial charge in [-0.2, -0.15) is 5.10 Å². The van der Waals surface area contributed by atoms with Gasteiger partial charge in [0.05, 0.1) is 16.8 Å². The molecule has 9 heteroatoms. The molecule has 0 unspecified atom stereocenters. The second-order valence-corrected chi connectivity index (χ2v) is 9.38. The van der Waals surface area contributed by atoms with Gasteiger partial charge in [-0.25, -0.2) is 13.8 Å². The summed E-state index contributed by atoms with van der Waals surface area (Å²) in [5.74, 6) is -0.607. The van der Waals surface area contributed by atoms with Crippen LogP contribution in [0.3, 0.4) is 0 Å². The third kappa shape index (κ3) is 6.07. The quantitative estimate of drug-likeness (QED) is 0.399. The molecule has 0 aliphatic rings. The monoisotopic (exact) mass is 475 g/mol. The summed E-state index contributed by atoms with van der Waals surface area (Å²) in [6.07, 6.45) is 1.42. The molecule has 3 aromatic rings. The fraction of sp³-hybridized carbons (Fsp3) is 0.0909. The summed E-state index contributed by atoms with van der Waals surface area (Å²) >= 11 is 11.9. The molecule has 0 heterocycles. The molecule has 3 rings (SSSR count). The third-order valence-electron chi connectivity index (χ3n) is 4.26. The second-order valence-electron chi connectivity index (χ2n) is 6.65. The zero-order valence-corrected chi connectivity index (χ0v) is 18.8. The Bertz CT molecular complexity index is 1200. The van der Waals surface area contributed by atoms with E-state index in [0.717, 1.165) is 9.87 Å². The van der Waals surface area contributed by atoms with Crippen LogP contribution in [0.4, 0.5) is 5.69 Å². The summed E-state index contributed by atoms with van der Waals surface area (Å²) < 4.78 is 27.5. The van der Waals surface area contributed by atoms with Crippen LogP contribution in [-0.2, 0) is 14.8 Å². The van der Waals surface area contributed by atoms with E-state index in [4.69, 9.17) is 23.2 Å². The molecule has 0 atom stereocenters. The number of carbonyl (C=O) groups is 1. The standard InChI is InChI=1S/C22H19Cl2N3O3S/c1-16-5-11-21(12-6-16)31(29,30)27(20-9-7-18(23)8-10-20)15-22(28)26-25-14-17-3-2-4-19(24)13-17/h2-14H,15H2,1H3,(H,26,28)/b25-14-. The number of rotatable bonds is 7. The van der Waals surface area contributed by atoms with Crippen LogP contribution in [0.1, 0.15) is 11.1 Å². The average Bonchev–Trinajstić information content (AvgIpc) is 2.73. The molecule has 1 N–H and O–H groups in total. The van der Waals surface area contributed by atoms with Gasteiger partial charge in [-0.15, -0.1) is 0 Å². The number of nitrogens with zero attached hydrogens (tertiary/aromatic N) is 2. The molecular weight excluding hydrogens is 457 g/mol. The highest BCUT2D eigenvalue weighted by molar-refractivity contribution is 7.92. The van der Waals surface area contributed by atoms with Gasteiger partial charge in [0.2, 0.25) is 0 Å². The van der Waals surface area contributed by atoms with Crippen molar-refractivity contribution >= 4 is 51.0 Å². The molecule has 0 saturated carbocycles. The Morgan fingerprint density at radius 2 is 1.68 bits per heavy atom. The smallest absolute Gasteiger partial charge is 0.264 e. The van der Waals surface area contributed by atoms with Crippen LogP contribution in [0.25, 0.3) is 0 Å². The normalized spacial score (nSPS) is 11.5. The lowest BCUT2D eigenvalue weighted by Gasteiger charge is -2.23. The lowest BCUT2D eigenvalue weighted by atomic mass is 10.2. The van der Waals surface area contributed by atoms with Crippen molar-refractivity contribution in [2.24, 2.45) is 5.10 Å². The number of hydrazone groups is 1. The Morgan fingerprint density at radius 1 is 1.00 bits per heavy atom. The van der Waals surface area contributed by atoms with E-state index < -0.39 is 22.5 Å². The fourth-order valence-corrected chi connectivity index (χ4v) is 4.44. The second kappa shape index (κ2) is 9.96. The van der Waals surface area contributed by atoms with Gasteiger partial charge >= 0.3 is 0 Å². The molecule has 31 heavy (non-hydrogen) atoms. The van der Waals surface area contributed by atoms with Crippen molar-refractivity contribution in [3.8, 4) is 0 Å². The van der Waals surface area contributed by atoms with E-state index in [-0.39, 0.29) is 4.90 Å². The van der Waals surface area contributed by atoms with E-state index in [1.165, 1.54) is 30.5 Å². The topological polar surface area (TPSA) is 78.8 Å². The summed E-state index contributed by atoms with van der Waals surface area (Å²) in [5, 5.41) is 4.87. The number of aryl methyl sites for hydroxylation is 1. The largest absolute Gasteiger partial charge is 0.271 e. The van der Waals surface area contributed by atoms with Crippen LogP contribution >= 0.6 is 23.2 Å². The molecule has 0 spiro atoms. The van der Waals surface area contributed by atoms with Crippen LogP contribution in [0.2, 0.25) is 10.0 Å². The molecule has 0 fully saturated rings. The van der Waals surface area contributed by atoms with E-state index in [2.05, 4.69) is 10.5 Å². The molecule has 0 saturated heterocycles. The van der Waals surface area contributed by atoms with Crippen molar-refractivity contribution < 1.29 is 13.2 Å². The maximum Gasteiger partial charge on any atom is 0.264 e. The number of sulfonamides is 1. The summed E-state index contributed by atoms with van der Waals surface area (Å²) in [4.78, 5) is 12.6. The predicted octanol–water partition coefficient (Wildman–Crippen LogP) is 4.65. The minimum absolute atomic E-state index is 0.0725. The number of hydrogen-bond acceptors (Lipinski definition) is 4. The number of carbonyl (C=O) groups excluding carboxylic acids is 1. The summed E-state index contributed by atoms with van der Waals surface area (Å²) in [6, 6.07) is 19.5. The van der Waals surface area contributed by atoms with Gasteiger partial charge in [-0.3, -0.25) is 9.10 Å². The molecule has 0 aromatic heterocycles. The lowest BCUT2D eigenvalue weighted by molar-refractivity contribution is -0.119. The van der Waals surface area contributed by atoms with Crippen molar-refractivity contribution in [3.05, 3.63) is 94.0 Å². The van der Waals surface area contributed by atoms with Crippen molar-refractivity contribution in [2.75, 3.05) is 10.8 Å². The van der Waals surface area contributed by atoms with E-state index in [1.54, 1.807) is 48.5 Å². The number of hydrogen-bond donors (Lipinski definition) is 1. The van der Waals surface area contributed by atoms with Crippen molar-refractivity contribution in [1.82, 2.24) is 5.43 Å². The first-order valence-corrected chi connectivity index (χ1v) is 11.4. The third-order valence-corrected chi connectivity index (χ3v) is 6.54. The summed E-state index contributed by atoms with van der Waals surface area (Å²) in [5.41, 5.74) is 4.27. The molecule has 3 aromatic carbocycles. The zero-order valence-electron chi connectivity index (χ0n) is 16.5. The van der Waals surface area contributed by atoms with Gasteiger partial charge in [0.15, 0.2) is 0 Å². The van der Waals surface area contributed by atoms with Gasteiger partial charge in [-0.1, -0.05) is 53.0 Å². The molecule has 0 bridgehead atoms. The highest BCUT2D eigenvalue weighted by atomic mass is 35.5. The van der Waals surface area contributed by atoms with Crippen LogP contribution < -0.4 is 9.73 Å². The van der Waals surface area contributed by atoms with Gasteiger partial charge in [0.25, 0.3) is 15.9 Å². The predicted molar refractivity (Wildman–Crippen MR) is 124 cm³/mol. The molecule has 6 nitrogen and oxygen atoms in total. The van der Waals surface area contributed by atoms with E-state index in [9.17, 15) is 13.2 Å². The number of amides is 1. The summed E-state index contributed by atoms with van der Waals surface area (Å²) in [6.45, 7) is 1.39. The maximum absolute atomic E-state index is 13.3. The highest BCUT2D eigenvalue weighted by Crippen LogP contribution is 2.25. The van der Waals surface area contributed by atoms with Gasteiger partial charge in [0, 0.05) is 10.0 Å². The first kappa shape index (κ1) is 22.8. The van der Waals surface area contributed by atoms with Crippen LogP contribution in [0.5, 0.6) is 0 Å². The minimum Gasteiger partial charge on any atom is -0.271 e. The molecule has 0 aliphatic heterocycles. The number of benzene rings is 3. The molecule has 1 amide bonds. The van der Waals surface area contributed by atoms with Gasteiger partial charge < -0.3 is 0 Å². The van der Waals surface area contributed by atoms with Crippen molar-refractivity contribution in [1.29, 1.82) is 0 Å². The maximum atomic E-state index is 13.3. The zero-order chi connectivity index (χ0) is 22.4. The van der Waals surface area contributed by atoms with E-state index in [1.807, 2.05) is 6.92 Å². The first-order valence-electron chi connectivity index (χ1n) is 9.18. The SMILES string of the molecule is Cc1ccc(S(=O)(=O)N(CC(=O)N/N=C\c2cccc(Cl)c2)c2ccc(Cl)cc2)cc1. The van der Waals surface area contributed by atoms with Crippen molar-refractivity contribution in [3.63, 3.8) is 0 Å². The van der Waals surface area contributed by atoms with Crippen LogP contribution in [0.15, 0.2) is 82.8 Å². The van der Waals surface area contributed by atoms with E-state index in [0.29, 0.717) is 21.3 Å². The Kier molecular flexibility index (Phi) is 7.33. The first-order chi connectivity index (χ1) is 14.8. The highest BCUT2D eigenvalue weighted by Gasteiger charge is 2.27. The molecule has 160 valence electrons. The minimum atomic E-state index is -4.00. The van der Waals surface area contributed by atoms with Crippen molar-refractivity contribution in [2.45, 2.75) is 11.8 Å². The number of nitrogens with one attached hydrogen (secondary N) is 1. The average molecular weight is 476 g/mol.